The van der Waals surface area contributed by atoms with Crippen molar-refractivity contribution in [2.24, 2.45) is 0 Å². The lowest BCUT2D eigenvalue weighted by atomic mass is 10.3. The lowest BCUT2D eigenvalue weighted by molar-refractivity contribution is 0.0515. The lowest BCUT2D eigenvalue weighted by Crippen LogP contribution is -2.07. The van der Waals surface area contributed by atoms with Crippen molar-refractivity contribution >= 4 is 17.6 Å². The molecule has 1 N–H and O–H groups in total. The molecule has 19 heavy (non-hydrogen) atoms. The molecule has 0 aliphatic heterocycles. The molecular formula is C12H10ClFN2O3. The second-order valence-corrected chi connectivity index (χ2v) is 4.03. The van der Waals surface area contributed by atoms with Gasteiger partial charge in [-0.05, 0) is 25.1 Å². The fourth-order valence-corrected chi connectivity index (χ4v) is 1.64. The Balaban J connectivity index is 2.38. The van der Waals surface area contributed by atoms with Gasteiger partial charge in [0.15, 0.2) is 5.75 Å². The minimum Gasteiger partial charge on any atom is -0.504 e. The van der Waals surface area contributed by atoms with E-state index in [1.807, 2.05) is 0 Å². The smallest absolute Gasteiger partial charge is 0.362 e. The van der Waals surface area contributed by atoms with Crippen LogP contribution in [0.1, 0.15) is 17.4 Å². The summed E-state index contributed by atoms with van der Waals surface area (Å²) in [6.07, 6.45) is 1.22. The van der Waals surface area contributed by atoms with Gasteiger partial charge in [0.25, 0.3) is 0 Å². The van der Waals surface area contributed by atoms with Crippen LogP contribution in [0, 0.1) is 5.82 Å². The molecule has 0 unspecified atom stereocenters. The molecule has 0 bridgehead atoms. The van der Waals surface area contributed by atoms with Gasteiger partial charge in [0.1, 0.15) is 5.82 Å². The monoisotopic (exact) mass is 284 g/mol. The van der Waals surface area contributed by atoms with Crippen LogP contribution in [0.5, 0.6) is 5.75 Å². The number of rotatable bonds is 3. The Morgan fingerprint density at radius 1 is 1.58 bits per heavy atom. The molecule has 0 saturated carbocycles. The highest BCUT2D eigenvalue weighted by atomic mass is 35.5. The summed E-state index contributed by atoms with van der Waals surface area (Å²) in [4.78, 5) is 11.5. The van der Waals surface area contributed by atoms with E-state index in [0.717, 1.165) is 0 Å². The zero-order valence-corrected chi connectivity index (χ0v) is 10.7. The molecule has 0 aliphatic carbocycles. The number of ether oxygens (including phenoxy) is 1. The number of halogens is 2. The molecule has 0 saturated heterocycles. The van der Waals surface area contributed by atoms with Gasteiger partial charge >= 0.3 is 5.97 Å². The molecular weight excluding hydrogens is 275 g/mol. The lowest BCUT2D eigenvalue weighted by Gasteiger charge is -2.02. The van der Waals surface area contributed by atoms with Gasteiger partial charge in [-0.3, -0.25) is 0 Å². The van der Waals surface area contributed by atoms with Crippen LogP contribution in [0.4, 0.5) is 4.39 Å². The second kappa shape index (κ2) is 5.27. The molecule has 5 nitrogen and oxygen atoms in total. The molecule has 0 spiro atoms. The van der Waals surface area contributed by atoms with Gasteiger partial charge in [-0.25, -0.2) is 13.9 Å². The Bertz CT molecular complexity index is 627. The highest BCUT2D eigenvalue weighted by molar-refractivity contribution is 6.30. The molecule has 0 radical (unpaired) electrons. The first-order chi connectivity index (χ1) is 9.02. The first-order valence-corrected chi connectivity index (χ1v) is 5.82. The summed E-state index contributed by atoms with van der Waals surface area (Å²) in [5, 5.41) is 13.4. The van der Waals surface area contributed by atoms with Gasteiger partial charge < -0.3 is 9.84 Å². The maximum Gasteiger partial charge on any atom is 0.362 e. The van der Waals surface area contributed by atoms with Crippen LogP contribution >= 0.6 is 11.6 Å². The number of carbonyl (C=O) groups is 1. The fourth-order valence-electron chi connectivity index (χ4n) is 1.47. The predicted octanol–water partition coefficient (Wildman–Crippen LogP) is 2.55. The van der Waals surface area contributed by atoms with Crippen LogP contribution in [0.25, 0.3) is 5.69 Å². The maximum atomic E-state index is 13.0. The van der Waals surface area contributed by atoms with Crippen molar-refractivity contribution in [1.29, 1.82) is 0 Å². The molecule has 1 heterocycles. The van der Waals surface area contributed by atoms with Crippen LogP contribution in [0.2, 0.25) is 5.02 Å². The average molecular weight is 285 g/mol. The number of esters is 1. The Hall–Kier alpha value is -2.08. The van der Waals surface area contributed by atoms with Crippen LogP contribution in [0.3, 0.4) is 0 Å². The van der Waals surface area contributed by atoms with Crippen molar-refractivity contribution in [1.82, 2.24) is 9.78 Å². The number of aromatic hydroxyl groups is 1. The van der Waals surface area contributed by atoms with Gasteiger partial charge in [0.05, 0.1) is 23.5 Å². The van der Waals surface area contributed by atoms with E-state index in [1.54, 1.807) is 6.92 Å². The van der Waals surface area contributed by atoms with Crippen LogP contribution in [-0.4, -0.2) is 27.5 Å². The first-order valence-electron chi connectivity index (χ1n) is 5.44. The molecule has 100 valence electrons. The maximum absolute atomic E-state index is 13.0. The molecule has 1 aromatic carbocycles. The summed E-state index contributed by atoms with van der Waals surface area (Å²) >= 11 is 5.65. The molecule has 1 aromatic heterocycles. The molecule has 0 fully saturated rings. The molecule has 0 aliphatic rings. The highest BCUT2D eigenvalue weighted by Crippen LogP contribution is 2.22. The number of benzene rings is 1. The van der Waals surface area contributed by atoms with Crippen LogP contribution < -0.4 is 0 Å². The van der Waals surface area contributed by atoms with E-state index in [9.17, 15) is 14.3 Å². The van der Waals surface area contributed by atoms with E-state index in [1.165, 1.54) is 29.1 Å². The fraction of sp³-hybridized carbons (Fsp3) is 0.167. The topological polar surface area (TPSA) is 64.3 Å². The van der Waals surface area contributed by atoms with E-state index >= 15 is 0 Å². The van der Waals surface area contributed by atoms with Gasteiger partial charge in [-0.1, -0.05) is 11.6 Å². The predicted molar refractivity (Wildman–Crippen MR) is 66.2 cm³/mol. The summed E-state index contributed by atoms with van der Waals surface area (Å²) in [5.74, 6) is -1.61. The summed E-state index contributed by atoms with van der Waals surface area (Å²) in [6.45, 7) is 1.82. The third-order valence-corrected chi connectivity index (χ3v) is 2.62. The third kappa shape index (κ3) is 2.68. The minimum atomic E-state index is -0.730. The van der Waals surface area contributed by atoms with Crippen molar-refractivity contribution in [2.75, 3.05) is 6.61 Å². The van der Waals surface area contributed by atoms with Gasteiger partial charge in [-0.15, -0.1) is 0 Å². The highest BCUT2D eigenvalue weighted by Gasteiger charge is 2.18. The van der Waals surface area contributed by atoms with E-state index in [0.29, 0.717) is 5.69 Å². The number of hydrogen-bond acceptors (Lipinski definition) is 4. The Labute approximate surface area is 113 Å². The van der Waals surface area contributed by atoms with E-state index in [-0.39, 0.29) is 23.1 Å². The molecule has 0 atom stereocenters. The van der Waals surface area contributed by atoms with Crippen molar-refractivity contribution in [2.45, 2.75) is 6.92 Å². The zero-order chi connectivity index (χ0) is 14.0. The van der Waals surface area contributed by atoms with E-state index in [4.69, 9.17) is 16.3 Å². The van der Waals surface area contributed by atoms with Crippen molar-refractivity contribution < 1.29 is 19.0 Å². The average Bonchev–Trinajstić information content (AvgIpc) is 2.75. The largest absolute Gasteiger partial charge is 0.504 e. The molecule has 2 aromatic rings. The van der Waals surface area contributed by atoms with Crippen LogP contribution in [-0.2, 0) is 4.74 Å². The van der Waals surface area contributed by atoms with Crippen molar-refractivity contribution in [3.05, 3.63) is 40.9 Å². The van der Waals surface area contributed by atoms with Gasteiger partial charge in [-0.2, -0.15) is 5.10 Å². The second-order valence-electron chi connectivity index (χ2n) is 3.63. The number of aromatic nitrogens is 2. The number of carbonyl (C=O) groups excluding carboxylic acids is 1. The summed E-state index contributed by atoms with van der Waals surface area (Å²) in [7, 11) is 0. The Morgan fingerprint density at radius 2 is 2.32 bits per heavy atom. The molecule has 0 amide bonds. The number of nitrogens with zero attached hydrogens (tertiary/aromatic N) is 2. The third-order valence-electron chi connectivity index (χ3n) is 2.33. The van der Waals surface area contributed by atoms with E-state index < -0.39 is 11.8 Å². The SMILES string of the molecule is CCOC(=O)c1nn(-c2ccc(F)c(Cl)c2)cc1O. The molecule has 2 rings (SSSR count). The first kappa shape index (κ1) is 13.4. The Kier molecular flexibility index (Phi) is 3.71. The van der Waals surface area contributed by atoms with Gasteiger partial charge in [0, 0.05) is 0 Å². The summed E-state index contributed by atoms with van der Waals surface area (Å²) < 4.78 is 19.0. The zero-order valence-electron chi connectivity index (χ0n) is 9.93. The van der Waals surface area contributed by atoms with Crippen molar-refractivity contribution in [3.8, 4) is 11.4 Å². The Morgan fingerprint density at radius 3 is 2.95 bits per heavy atom. The normalized spacial score (nSPS) is 10.5. The van der Waals surface area contributed by atoms with Crippen molar-refractivity contribution in [3.63, 3.8) is 0 Å². The molecule has 7 heteroatoms. The standard InChI is InChI=1S/C12H10ClFN2O3/c1-2-19-12(18)11-10(17)6-16(15-11)7-3-4-9(14)8(13)5-7/h3-6,17H,2H2,1H3. The van der Waals surface area contributed by atoms with Crippen LogP contribution in [0.15, 0.2) is 24.4 Å². The number of hydrogen-bond donors (Lipinski definition) is 1. The quantitative estimate of drug-likeness (QED) is 0.880. The summed E-state index contributed by atoms with van der Waals surface area (Å²) in [5.41, 5.74) is 0.208. The minimum absolute atomic E-state index is 0.0785. The van der Waals surface area contributed by atoms with Gasteiger partial charge in [0.2, 0.25) is 5.69 Å². The van der Waals surface area contributed by atoms with E-state index in [2.05, 4.69) is 5.10 Å². The summed E-state index contributed by atoms with van der Waals surface area (Å²) in [6, 6.07) is 3.92.